The number of hydrogen-bond acceptors (Lipinski definition) is 4. The van der Waals surface area contributed by atoms with Crippen molar-refractivity contribution in [2.24, 2.45) is 5.73 Å². The molecule has 1 fully saturated rings. The van der Waals surface area contributed by atoms with Crippen molar-refractivity contribution in [1.29, 1.82) is 0 Å². The molecule has 8 heteroatoms. The number of likely N-dealkylation sites (tertiary alicyclic amines) is 1. The fraction of sp³-hybridized carbons (Fsp3) is 0.400. The summed E-state index contributed by atoms with van der Waals surface area (Å²) in [5.74, 6) is -0.678. The van der Waals surface area contributed by atoms with Crippen LogP contribution in [0.4, 0.5) is 4.39 Å². The maximum Gasteiger partial charge on any atom is 0.276 e. The molecule has 23 heavy (non-hydrogen) atoms. The largest absolute Gasteiger partial charge is 0.333 e. The molecule has 1 aromatic carbocycles. The molecule has 1 amide bonds. The van der Waals surface area contributed by atoms with Crippen molar-refractivity contribution in [1.82, 2.24) is 19.9 Å². The summed E-state index contributed by atoms with van der Waals surface area (Å²) in [5, 5.41) is 8.00. The number of nitrogens with two attached hydrogens (primary N) is 1. The minimum atomic E-state index is -0.507. The van der Waals surface area contributed by atoms with Gasteiger partial charge in [-0.15, -0.1) is 5.10 Å². The predicted octanol–water partition coefficient (Wildman–Crippen LogP) is 1.93. The van der Waals surface area contributed by atoms with Gasteiger partial charge in [0.25, 0.3) is 5.91 Å². The highest BCUT2D eigenvalue weighted by Gasteiger charge is 2.31. The summed E-state index contributed by atoms with van der Waals surface area (Å²) in [6.45, 7) is 2.86. The Morgan fingerprint density at radius 3 is 3.00 bits per heavy atom. The number of amides is 1. The first-order chi connectivity index (χ1) is 11.0. The van der Waals surface area contributed by atoms with Crippen molar-refractivity contribution in [3.63, 3.8) is 0 Å². The molecule has 1 saturated heterocycles. The molecule has 1 atom stereocenters. The molecule has 0 spiro atoms. The van der Waals surface area contributed by atoms with Gasteiger partial charge in [-0.3, -0.25) is 4.79 Å². The topological polar surface area (TPSA) is 77.0 Å². The molecule has 2 heterocycles. The third-order valence-corrected chi connectivity index (χ3v) is 4.44. The average Bonchev–Trinajstić information content (AvgIpc) is 3.16. The minimum Gasteiger partial charge on any atom is -0.333 e. The minimum absolute atomic E-state index is 0.00647. The maximum absolute atomic E-state index is 13.3. The Hall–Kier alpha value is -1.99. The van der Waals surface area contributed by atoms with Crippen molar-refractivity contribution in [3.8, 4) is 5.69 Å². The Balaban J connectivity index is 1.92. The second kappa shape index (κ2) is 6.25. The van der Waals surface area contributed by atoms with Crippen molar-refractivity contribution in [3.05, 3.63) is 40.4 Å². The smallest absolute Gasteiger partial charge is 0.276 e. The van der Waals surface area contributed by atoms with Crippen LogP contribution in [-0.4, -0.2) is 44.9 Å². The Morgan fingerprint density at radius 2 is 2.30 bits per heavy atom. The van der Waals surface area contributed by atoms with Gasteiger partial charge in [0.15, 0.2) is 5.69 Å². The van der Waals surface area contributed by atoms with Crippen molar-refractivity contribution >= 4 is 17.5 Å². The SMILES string of the molecule is Cc1c(C(=O)N2CCCC2CN)nnn1-c1ccc(F)c(Cl)c1. The molecular formula is C15H17ClFN5O. The van der Waals surface area contributed by atoms with E-state index in [0.717, 1.165) is 12.8 Å². The van der Waals surface area contributed by atoms with Gasteiger partial charge in [-0.2, -0.15) is 0 Å². The zero-order valence-corrected chi connectivity index (χ0v) is 13.4. The zero-order valence-electron chi connectivity index (χ0n) is 12.7. The van der Waals surface area contributed by atoms with Crippen molar-refractivity contribution < 1.29 is 9.18 Å². The zero-order chi connectivity index (χ0) is 16.6. The average molecular weight is 338 g/mol. The van der Waals surface area contributed by atoms with Gasteiger partial charge in [-0.1, -0.05) is 16.8 Å². The van der Waals surface area contributed by atoms with Crippen LogP contribution in [0.25, 0.3) is 5.69 Å². The van der Waals surface area contributed by atoms with E-state index >= 15 is 0 Å². The summed E-state index contributed by atoms with van der Waals surface area (Å²) < 4.78 is 14.8. The molecule has 122 valence electrons. The lowest BCUT2D eigenvalue weighted by Gasteiger charge is -2.22. The monoisotopic (exact) mass is 337 g/mol. The van der Waals surface area contributed by atoms with E-state index in [0.29, 0.717) is 24.5 Å². The van der Waals surface area contributed by atoms with E-state index in [1.165, 1.54) is 22.9 Å². The summed E-state index contributed by atoms with van der Waals surface area (Å²) >= 11 is 5.80. The van der Waals surface area contributed by atoms with E-state index in [1.807, 2.05) is 0 Å². The van der Waals surface area contributed by atoms with Crippen LogP contribution < -0.4 is 5.73 Å². The summed E-state index contributed by atoms with van der Waals surface area (Å²) in [6.07, 6.45) is 1.84. The Kier molecular flexibility index (Phi) is 4.32. The lowest BCUT2D eigenvalue weighted by Crippen LogP contribution is -2.40. The Labute approximate surface area is 138 Å². The molecule has 0 bridgehead atoms. The van der Waals surface area contributed by atoms with E-state index in [9.17, 15) is 9.18 Å². The predicted molar refractivity (Wildman–Crippen MR) is 84.2 cm³/mol. The number of hydrogen-bond donors (Lipinski definition) is 1. The summed E-state index contributed by atoms with van der Waals surface area (Å²) in [5.41, 5.74) is 7.14. The molecule has 0 radical (unpaired) electrons. The first kappa shape index (κ1) is 15.9. The number of nitrogens with zero attached hydrogens (tertiary/aromatic N) is 4. The van der Waals surface area contributed by atoms with Crippen LogP contribution in [0.3, 0.4) is 0 Å². The fourth-order valence-corrected chi connectivity index (χ4v) is 3.05. The fourth-order valence-electron chi connectivity index (χ4n) is 2.87. The lowest BCUT2D eigenvalue weighted by molar-refractivity contribution is 0.0734. The molecule has 2 N–H and O–H groups in total. The van der Waals surface area contributed by atoms with Gasteiger partial charge in [0, 0.05) is 19.1 Å². The van der Waals surface area contributed by atoms with Gasteiger partial charge in [-0.25, -0.2) is 9.07 Å². The molecule has 1 aliphatic rings. The summed E-state index contributed by atoms with van der Waals surface area (Å²) in [4.78, 5) is 14.4. The third-order valence-electron chi connectivity index (χ3n) is 4.15. The van der Waals surface area contributed by atoms with E-state index in [1.54, 1.807) is 11.8 Å². The molecule has 2 aromatic rings. The van der Waals surface area contributed by atoms with Crippen LogP contribution in [0, 0.1) is 12.7 Å². The van der Waals surface area contributed by atoms with E-state index in [4.69, 9.17) is 17.3 Å². The number of rotatable bonds is 3. The number of carbonyl (C=O) groups is 1. The lowest BCUT2D eigenvalue weighted by atomic mass is 10.2. The first-order valence-electron chi connectivity index (χ1n) is 7.41. The molecule has 1 aliphatic heterocycles. The first-order valence-corrected chi connectivity index (χ1v) is 7.79. The molecule has 1 aromatic heterocycles. The van der Waals surface area contributed by atoms with E-state index in [2.05, 4.69) is 10.3 Å². The van der Waals surface area contributed by atoms with Gasteiger partial charge in [0.2, 0.25) is 0 Å². The highest BCUT2D eigenvalue weighted by Crippen LogP contribution is 2.23. The quantitative estimate of drug-likeness (QED) is 0.928. The van der Waals surface area contributed by atoms with Crippen molar-refractivity contribution in [2.45, 2.75) is 25.8 Å². The van der Waals surface area contributed by atoms with Crippen LogP contribution in [0.15, 0.2) is 18.2 Å². The van der Waals surface area contributed by atoms with Gasteiger partial charge in [0.05, 0.1) is 16.4 Å². The van der Waals surface area contributed by atoms with Crippen LogP contribution >= 0.6 is 11.6 Å². The molecule has 1 unspecified atom stereocenters. The Bertz CT molecular complexity index is 747. The highest BCUT2D eigenvalue weighted by molar-refractivity contribution is 6.30. The number of carbonyl (C=O) groups excluding carboxylic acids is 1. The number of halogens is 2. The van der Waals surface area contributed by atoms with Crippen LogP contribution in [0.1, 0.15) is 29.0 Å². The Morgan fingerprint density at radius 1 is 1.52 bits per heavy atom. The van der Waals surface area contributed by atoms with Gasteiger partial charge < -0.3 is 10.6 Å². The molecule has 6 nitrogen and oxygen atoms in total. The van der Waals surface area contributed by atoms with E-state index < -0.39 is 5.82 Å². The van der Waals surface area contributed by atoms with Crippen LogP contribution in [0.5, 0.6) is 0 Å². The normalized spacial score (nSPS) is 17.7. The molecule has 0 saturated carbocycles. The van der Waals surface area contributed by atoms with E-state index in [-0.39, 0.29) is 22.7 Å². The standard InChI is InChI=1S/C15H17ClFN5O/c1-9-14(15(23)21-6-2-3-11(21)8-18)19-20-22(9)10-4-5-13(17)12(16)7-10/h4-5,7,11H,2-3,6,8,18H2,1H3. The van der Waals surface area contributed by atoms with Crippen LogP contribution in [0.2, 0.25) is 5.02 Å². The van der Waals surface area contributed by atoms with Crippen molar-refractivity contribution in [2.75, 3.05) is 13.1 Å². The van der Waals surface area contributed by atoms with Crippen LogP contribution in [-0.2, 0) is 0 Å². The molecule has 0 aliphatic carbocycles. The summed E-state index contributed by atoms with van der Waals surface area (Å²) in [6, 6.07) is 4.29. The summed E-state index contributed by atoms with van der Waals surface area (Å²) in [7, 11) is 0. The second-order valence-electron chi connectivity index (χ2n) is 5.56. The van der Waals surface area contributed by atoms with Gasteiger partial charge in [0.1, 0.15) is 5.82 Å². The molecular weight excluding hydrogens is 321 g/mol. The number of benzene rings is 1. The van der Waals surface area contributed by atoms with Gasteiger partial charge in [-0.05, 0) is 38.0 Å². The maximum atomic E-state index is 13.3. The molecule has 3 rings (SSSR count). The highest BCUT2D eigenvalue weighted by atomic mass is 35.5. The number of aromatic nitrogens is 3. The second-order valence-corrected chi connectivity index (χ2v) is 5.97. The third kappa shape index (κ3) is 2.82. The van der Waals surface area contributed by atoms with Gasteiger partial charge >= 0.3 is 0 Å².